The van der Waals surface area contributed by atoms with Crippen LogP contribution in [0.3, 0.4) is 0 Å². The van der Waals surface area contributed by atoms with Gasteiger partial charge in [-0.2, -0.15) is 0 Å². The quantitative estimate of drug-likeness (QED) is 0.822. The Labute approximate surface area is 156 Å². The summed E-state index contributed by atoms with van der Waals surface area (Å²) in [5, 5.41) is 3.09. The third-order valence-electron chi connectivity index (χ3n) is 4.23. The average molecular weight is 371 g/mol. The van der Waals surface area contributed by atoms with Crippen molar-refractivity contribution in [2.75, 3.05) is 12.4 Å². The van der Waals surface area contributed by atoms with Gasteiger partial charge in [0.05, 0.1) is 6.42 Å². The number of hydrogen-bond acceptors (Lipinski definition) is 3. The maximum Gasteiger partial charge on any atom is 0.251 e. The van der Waals surface area contributed by atoms with Crippen LogP contribution in [0.4, 0.5) is 10.1 Å². The molecule has 0 aliphatic carbocycles. The molecule has 7 heteroatoms. The highest BCUT2D eigenvalue weighted by Crippen LogP contribution is 2.22. The number of rotatable bonds is 5. The summed E-state index contributed by atoms with van der Waals surface area (Å²) in [5.41, 5.74) is 1.48. The van der Waals surface area contributed by atoms with Gasteiger partial charge in [0.25, 0.3) is 5.91 Å². The number of benzene rings is 2. The molecule has 0 saturated carbocycles. The van der Waals surface area contributed by atoms with Crippen LogP contribution in [0.25, 0.3) is 0 Å². The lowest BCUT2D eigenvalue weighted by molar-refractivity contribution is -0.130. The summed E-state index contributed by atoms with van der Waals surface area (Å²) in [6.07, 6.45) is -0.0342. The smallest absolute Gasteiger partial charge is 0.251 e. The third-order valence-corrected chi connectivity index (χ3v) is 4.74. The monoisotopic (exact) mass is 371 g/mol. The molecule has 1 fully saturated rings. The number of thiocarbonyl (C=S) groups is 1. The van der Waals surface area contributed by atoms with Crippen LogP contribution in [0, 0.1) is 5.82 Å². The standard InChI is InChI=1S/C19H18FN3O2S/c1-22-18(25)16(11-17(24)21-15-9-7-14(20)8-10-15)23(19(22)26)12-13-5-3-2-4-6-13/h2-10,16H,11-12H2,1H3,(H,21,24)/t16-/m0/s1. The Morgan fingerprint density at radius 1 is 1.15 bits per heavy atom. The first-order valence-electron chi connectivity index (χ1n) is 8.13. The Hall–Kier alpha value is -2.80. The van der Waals surface area contributed by atoms with Crippen molar-refractivity contribution in [2.24, 2.45) is 0 Å². The number of anilines is 1. The van der Waals surface area contributed by atoms with E-state index >= 15 is 0 Å². The van der Waals surface area contributed by atoms with Gasteiger partial charge in [-0.3, -0.25) is 14.5 Å². The first kappa shape index (κ1) is 18.0. The SMILES string of the molecule is CN1C(=O)[C@H](CC(=O)Nc2ccc(F)cc2)N(Cc2ccccc2)C1=S. The van der Waals surface area contributed by atoms with Gasteiger partial charge in [-0.15, -0.1) is 0 Å². The zero-order chi connectivity index (χ0) is 18.7. The number of nitrogens with zero attached hydrogens (tertiary/aromatic N) is 2. The zero-order valence-electron chi connectivity index (χ0n) is 14.2. The molecule has 0 aromatic heterocycles. The normalized spacial score (nSPS) is 16.9. The van der Waals surface area contributed by atoms with E-state index in [-0.39, 0.29) is 24.1 Å². The summed E-state index contributed by atoms with van der Waals surface area (Å²) in [4.78, 5) is 28.0. The first-order chi connectivity index (χ1) is 12.5. The number of nitrogens with one attached hydrogen (secondary N) is 1. The number of carbonyl (C=O) groups is 2. The predicted molar refractivity (Wildman–Crippen MR) is 101 cm³/mol. The maximum absolute atomic E-state index is 13.0. The fourth-order valence-corrected chi connectivity index (χ4v) is 3.14. The molecule has 2 aromatic carbocycles. The van der Waals surface area contributed by atoms with Crippen LogP contribution in [-0.2, 0) is 16.1 Å². The molecule has 1 atom stereocenters. The molecule has 0 unspecified atom stereocenters. The van der Waals surface area contributed by atoms with Crippen LogP contribution in [0.1, 0.15) is 12.0 Å². The molecule has 1 N–H and O–H groups in total. The topological polar surface area (TPSA) is 52.7 Å². The molecule has 1 aliphatic heterocycles. The molecule has 1 heterocycles. The number of likely N-dealkylation sites (N-methyl/N-ethyl adjacent to an activating group) is 1. The molecule has 134 valence electrons. The minimum atomic E-state index is -0.659. The van der Waals surface area contributed by atoms with Crippen LogP contribution in [0.2, 0.25) is 0 Å². The average Bonchev–Trinajstić information content (AvgIpc) is 2.83. The van der Waals surface area contributed by atoms with E-state index in [1.54, 1.807) is 11.9 Å². The fourth-order valence-electron chi connectivity index (χ4n) is 2.85. The van der Waals surface area contributed by atoms with E-state index in [9.17, 15) is 14.0 Å². The van der Waals surface area contributed by atoms with Crippen LogP contribution in [0.5, 0.6) is 0 Å². The highest BCUT2D eigenvalue weighted by Gasteiger charge is 2.41. The Morgan fingerprint density at radius 2 is 1.81 bits per heavy atom. The molecule has 1 saturated heterocycles. The second kappa shape index (κ2) is 7.61. The molecular formula is C19H18FN3O2S. The van der Waals surface area contributed by atoms with Crippen molar-refractivity contribution in [1.82, 2.24) is 9.80 Å². The van der Waals surface area contributed by atoms with E-state index in [1.807, 2.05) is 30.3 Å². The van der Waals surface area contributed by atoms with E-state index in [0.29, 0.717) is 17.3 Å². The lowest BCUT2D eigenvalue weighted by atomic mass is 10.1. The van der Waals surface area contributed by atoms with Gasteiger partial charge in [-0.25, -0.2) is 4.39 Å². The van der Waals surface area contributed by atoms with Crippen molar-refractivity contribution in [1.29, 1.82) is 0 Å². The summed E-state index contributed by atoms with van der Waals surface area (Å²) >= 11 is 5.37. The van der Waals surface area contributed by atoms with Gasteiger partial charge in [0.2, 0.25) is 5.91 Å². The molecule has 3 rings (SSSR count). The molecule has 2 amide bonds. The van der Waals surface area contributed by atoms with Crippen LogP contribution >= 0.6 is 12.2 Å². The summed E-state index contributed by atoms with van der Waals surface area (Å²) in [6.45, 7) is 0.449. The number of amides is 2. The van der Waals surface area contributed by atoms with Crippen molar-refractivity contribution in [3.05, 3.63) is 66.0 Å². The molecule has 0 bridgehead atoms. The van der Waals surface area contributed by atoms with Crippen LogP contribution in [0.15, 0.2) is 54.6 Å². The van der Waals surface area contributed by atoms with Crippen molar-refractivity contribution in [2.45, 2.75) is 19.0 Å². The maximum atomic E-state index is 13.0. The van der Waals surface area contributed by atoms with Crippen LogP contribution in [-0.4, -0.2) is 39.8 Å². The van der Waals surface area contributed by atoms with Crippen molar-refractivity contribution < 1.29 is 14.0 Å². The van der Waals surface area contributed by atoms with E-state index in [4.69, 9.17) is 12.2 Å². The fraction of sp³-hybridized carbons (Fsp3) is 0.211. The first-order valence-corrected chi connectivity index (χ1v) is 8.54. The van der Waals surface area contributed by atoms with Crippen molar-refractivity contribution in [3.63, 3.8) is 0 Å². The van der Waals surface area contributed by atoms with Gasteiger partial charge in [-0.1, -0.05) is 30.3 Å². The number of hydrogen-bond donors (Lipinski definition) is 1. The lowest BCUT2D eigenvalue weighted by Crippen LogP contribution is -2.37. The van der Waals surface area contributed by atoms with E-state index < -0.39 is 6.04 Å². The second-order valence-electron chi connectivity index (χ2n) is 6.07. The van der Waals surface area contributed by atoms with E-state index in [0.717, 1.165) is 5.56 Å². The molecular weight excluding hydrogens is 353 g/mol. The minimum Gasteiger partial charge on any atom is -0.332 e. The van der Waals surface area contributed by atoms with Gasteiger partial charge in [-0.05, 0) is 42.0 Å². The Bertz CT molecular complexity index is 826. The summed E-state index contributed by atoms with van der Waals surface area (Å²) < 4.78 is 13.0. The molecule has 0 radical (unpaired) electrons. The van der Waals surface area contributed by atoms with Gasteiger partial charge in [0.1, 0.15) is 11.9 Å². The summed E-state index contributed by atoms with van der Waals surface area (Å²) in [7, 11) is 1.61. The van der Waals surface area contributed by atoms with Crippen molar-refractivity contribution in [3.8, 4) is 0 Å². The molecule has 1 aliphatic rings. The predicted octanol–water partition coefficient (Wildman–Crippen LogP) is 2.78. The Morgan fingerprint density at radius 3 is 2.46 bits per heavy atom. The third kappa shape index (κ3) is 3.88. The van der Waals surface area contributed by atoms with Gasteiger partial charge < -0.3 is 10.2 Å². The molecule has 2 aromatic rings. The van der Waals surface area contributed by atoms with Gasteiger partial charge in [0.15, 0.2) is 5.11 Å². The van der Waals surface area contributed by atoms with E-state index in [1.165, 1.54) is 29.2 Å². The summed E-state index contributed by atoms with van der Waals surface area (Å²) in [6, 6.07) is 14.4. The number of halogens is 1. The summed E-state index contributed by atoms with van der Waals surface area (Å²) in [5.74, 6) is -0.915. The highest BCUT2D eigenvalue weighted by molar-refractivity contribution is 7.80. The molecule has 26 heavy (non-hydrogen) atoms. The lowest BCUT2D eigenvalue weighted by Gasteiger charge is -2.23. The zero-order valence-corrected chi connectivity index (χ0v) is 15.0. The Kier molecular flexibility index (Phi) is 5.27. The molecule has 5 nitrogen and oxygen atoms in total. The van der Waals surface area contributed by atoms with E-state index in [2.05, 4.69) is 5.32 Å². The van der Waals surface area contributed by atoms with Crippen LogP contribution < -0.4 is 5.32 Å². The minimum absolute atomic E-state index is 0.0342. The van der Waals surface area contributed by atoms with Gasteiger partial charge >= 0.3 is 0 Å². The largest absolute Gasteiger partial charge is 0.332 e. The van der Waals surface area contributed by atoms with Crippen molar-refractivity contribution >= 4 is 34.8 Å². The highest BCUT2D eigenvalue weighted by atomic mass is 32.1. The van der Waals surface area contributed by atoms with Gasteiger partial charge in [0, 0.05) is 19.3 Å². The Balaban J connectivity index is 1.72. The second-order valence-corrected chi connectivity index (χ2v) is 6.43. The molecule has 0 spiro atoms. The number of carbonyl (C=O) groups excluding carboxylic acids is 2.